The number of ketones is 1. The number of nitrogens with zero attached hydrogens (tertiary/aromatic N) is 1. The van der Waals surface area contributed by atoms with Gasteiger partial charge in [0.1, 0.15) is 5.78 Å². The molecule has 1 unspecified atom stereocenters. The lowest BCUT2D eigenvalue weighted by atomic mass is 10.1. The quantitative estimate of drug-likeness (QED) is 0.761. The highest BCUT2D eigenvalue weighted by atomic mass is 79.9. The fourth-order valence-corrected chi connectivity index (χ4v) is 1.45. The van der Waals surface area contributed by atoms with Gasteiger partial charge in [-0.3, -0.25) is 9.78 Å². The van der Waals surface area contributed by atoms with Crippen LogP contribution in [-0.4, -0.2) is 15.6 Å². The number of carbonyl (C=O) groups excluding carboxylic acids is 1. The van der Waals surface area contributed by atoms with E-state index < -0.39 is 0 Å². The van der Waals surface area contributed by atoms with Crippen LogP contribution in [0.3, 0.4) is 0 Å². The third-order valence-corrected chi connectivity index (χ3v) is 2.76. The molecule has 0 fully saturated rings. The summed E-state index contributed by atoms with van der Waals surface area (Å²) in [7, 11) is 0. The fraction of sp³-hybridized carbons (Fsp3) is 0.400. The van der Waals surface area contributed by atoms with Gasteiger partial charge in [-0.05, 0) is 31.4 Å². The molecule has 0 aliphatic carbocycles. The Morgan fingerprint density at radius 1 is 1.62 bits per heavy atom. The Morgan fingerprint density at radius 3 is 2.85 bits per heavy atom. The molecule has 1 atom stereocenters. The van der Waals surface area contributed by atoms with E-state index in [-0.39, 0.29) is 10.6 Å². The fourth-order valence-electron chi connectivity index (χ4n) is 1.08. The van der Waals surface area contributed by atoms with Crippen LogP contribution in [0.2, 0.25) is 0 Å². The topological polar surface area (TPSA) is 30.0 Å². The van der Waals surface area contributed by atoms with Gasteiger partial charge in [0, 0.05) is 12.4 Å². The van der Waals surface area contributed by atoms with Gasteiger partial charge in [0.15, 0.2) is 0 Å². The van der Waals surface area contributed by atoms with E-state index in [0.717, 1.165) is 11.1 Å². The standard InChI is InChI=1S/C10H12BrNO/c1-7-3-9(6-12-5-7)4-10(11)8(2)13/h3,5-6,10H,4H2,1-2H3. The van der Waals surface area contributed by atoms with Crippen LogP contribution in [0.5, 0.6) is 0 Å². The van der Waals surface area contributed by atoms with Crippen LogP contribution in [0, 0.1) is 6.92 Å². The Bertz CT molecular complexity index is 312. The minimum atomic E-state index is -0.0869. The predicted octanol–water partition coefficient (Wildman–Crippen LogP) is 2.29. The number of Topliss-reactive ketones (excluding diaryl/α,β-unsaturated/α-hetero) is 1. The van der Waals surface area contributed by atoms with Crippen LogP contribution >= 0.6 is 15.9 Å². The minimum Gasteiger partial charge on any atom is -0.299 e. The summed E-state index contributed by atoms with van der Waals surface area (Å²) in [6, 6.07) is 2.05. The summed E-state index contributed by atoms with van der Waals surface area (Å²) in [6.07, 6.45) is 4.31. The van der Waals surface area contributed by atoms with E-state index in [1.165, 1.54) is 0 Å². The van der Waals surface area contributed by atoms with Crippen LogP contribution in [0.15, 0.2) is 18.5 Å². The second-order valence-electron chi connectivity index (χ2n) is 3.15. The molecule has 1 rings (SSSR count). The molecule has 70 valence electrons. The molecule has 0 saturated heterocycles. The maximum atomic E-state index is 11.0. The Balaban J connectivity index is 2.69. The molecule has 0 saturated carbocycles. The van der Waals surface area contributed by atoms with E-state index in [2.05, 4.69) is 20.9 Å². The van der Waals surface area contributed by atoms with Crippen molar-refractivity contribution in [1.82, 2.24) is 4.98 Å². The molecule has 1 aromatic rings. The van der Waals surface area contributed by atoms with Gasteiger partial charge < -0.3 is 0 Å². The van der Waals surface area contributed by atoms with Gasteiger partial charge in [-0.1, -0.05) is 22.0 Å². The van der Waals surface area contributed by atoms with E-state index in [9.17, 15) is 4.79 Å². The molecule has 1 aromatic heterocycles. The molecule has 3 heteroatoms. The number of carbonyl (C=O) groups is 1. The third kappa shape index (κ3) is 3.27. The Morgan fingerprint density at radius 2 is 2.31 bits per heavy atom. The largest absolute Gasteiger partial charge is 0.299 e. The summed E-state index contributed by atoms with van der Waals surface area (Å²) in [5.41, 5.74) is 2.22. The lowest BCUT2D eigenvalue weighted by Gasteiger charge is -2.05. The van der Waals surface area contributed by atoms with Crippen molar-refractivity contribution in [2.45, 2.75) is 25.1 Å². The number of rotatable bonds is 3. The summed E-state index contributed by atoms with van der Waals surface area (Å²) < 4.78 is 0. The second kappa shape index (κ2) is 4.51. The smallest absolute Gasteiger partial charge is 0.143 e. The monoisotopic (exact) mass is 241 g/mol. The number of aromatic nitrogens is 1. The van der Waals surface area contributed by atoms with Gasteiger partial charge in [0.05, 0.1) is 4.83 Å². The molecule has 0 amide bonds. The highest BCUT2D eigenvalue weighted by molar-refractivity contribution is 9.10. The van der Waals surface area contributed by atoms with Crippen molar-refractivity contribution in [2.75, 3.05) is 0 Å². The molecule has 0 bridgehead atoms. The van der Waals surface area contributed by atoms with Crippen LogP contribution in [-0.2, 0) is 11.2 Å². The average Bonchev–Trinajstić information content (AvgIpc) is 2.04. The first kappa shape index (κ1) is 10.4. The molecular weight excluding hydrogens is 230 g/mol. The van der Waals surface area contributed by atoms with Crippen molar-refractivity contribution in [3.63, 3.8) is 0 Å². The zero-order valence-corrected chi connectivity index (χ0v) is 9.34. The lowest BCUT2D eigenvalue weighted by molar-refractivity contribution is -0.116. The maximum absolute atomic E-state index is 11.0. The van der Waals surface area contributed by atoms with E-state index in [0.29, 0.717) is 6.42 Å². The van der Waals surface area contributed by atoms with Crippen LogP contribution in [0.1, 0.15) is 18.1 Å². The highest BCUT2D eigenvalue weighted by Crippen LogP contribution is 2.11. The average molecular weight is 242 g/mol. The maximum Gasteiger partial charge on any atom is 0.143 e. The van der Waals surface area contributed by atoms with Crippen LogP contribution in [0.4, 0.5) is 0 Å². The molecule has 0 aliphatic rings. The van der Waals surface area contributed by atoms with Gasteiger partial charge in [0.2, 0.25) is 0 Å². The number of alkyl halides is 1. The summed E-state index contributed by atoms with van der Waals surface area (Å²) in [6.45, 7) is 3.58. The molecule has 0 aliphatic heterocycles. The first-order valence-electron chi connectivity index (χ1n) is 4.14. The van der Waals surface area contributed by atoms with E-state index >= 15 is 0 Å². The van der Waals surface area contributed by atoms with Crippen LogP contribution in [0.25, 0.3) is 0 Å². The zero-order chi connectivity index (χ0) is 9.84. The summed E-state index contributed by atoms with van der Waals surface area (Å²) in [5.74, 6) is 0.154. The number of pyridine rings is 1. The van der Waals surface area contributed by atoms with Crippen molar-refractivity contribution < 1.29 is 4.79 Å². The van der Waals surface area contributed by atoms with E-state index in [1.54, 1.807) is 19.3 Å². The molecule has 1 heterocycles. The van der Waals surface area contributed by atoms with Gasteiger partial charge in [-0.2, -0.15) is 0 Å². The third-order valence-electron chi connectivity index (χ3n) is 1.79. The van der Waals surface area contributed by atoms with Gasteiger partial charge >= 0.3 is 0 Å². The number of hydrogen-bond acceptors (Lipinski definition) is 2. The molecule has 0 spiro atoms. The first-order chi connectivity index (χ1) is 6.09. The Hall–Kier alpha value is -0.700. The normalized spacial score (nSPS) is 12.5. The van der Waals surface area contributed by atoms with Crippen molar-refractivity contribution >= 4 is 21.7 Å². The van der Waals surface area contributed by atoms with Crippen molar-refractivity contribution in [1.29, 1.82) is 0 Å². The first-order valence-corrected chi connectivity index (χ1v) is 5.06. The number of aryl methyl sites for hydroxylation is 1. The Kier molecular flexibility index (Phi) is 3.60. The SMILES string of the molecule is CC(=O)C(Br)Cc1cncc(C)c1. The molecule has 2 nitrogen and oxygen atoms in total. The molecule has 0 N–H and O–H groups in total. The van der Waals surface area contributed by atoms with Crippen molar-refractivity contribution in [3.8, 4) is 0 Å². The number of hydrogen-bond donors (Lipinski definition) is 0. The molecular formula is C10H12BrNO. The predicted molar refractivity (Wildman–Crippen MR) is 56.1 cm³/mol. The van der Waals surface area contributed by atoms with Gasteiger partial charge in [-0.25, -0.2) is 0 Å². The van der Waals surface area contributed by atoms with Gasteiger partial charge in [0.25, 0.3) is 0 Å². The second-order valence-corrected chi connectivity index (χ2v) is 4.26. The van der Waals surface area contributed by atoms with E-state index in [1.807, 2.05) is 13.0 Å². The van der Waals surface area contributed by atoms with Crippen LogP contribution < -0.4 is 0 Å². The Labute approximate surface area is 86.5 Å². The molecule has 13 heavy (non-hydrogen) atoms. The highest BCUT2D eigenvalue weighted by Gasteiger charge is 2.10. The molecule has 0 aromatic carbocycles. The van der Waals surface area contributed by atoms with E-state index in [4.69, 9.17) is 0 Å². The summed E-state index contributed by atoms with van der Waals surface area (Å²) >= 11 is 3.33. The lowest BCUT2D eigenvalue weighted by Crippen LogP contribution is -2.12. The number of halogens is 1. The van der Waals surface area contributed by atoms with Crippen molar-refractivity contribution in [2.24, 2.45) is 0 Å². The van der Waals surface area contributed by atoms with Gasteiger partial charge in [-0.15, -0.1) is 0 Å². The van der Waals surface area contributed by atoms with Crippen molar-refractivity contribution in [3.05, 3.63) is 29.6 Å². The zero-order valence-electron chi connectivity index (χ0n) is 7.75. The minimum absolute atomic E-state index is 0.0869. The summed E-state index contributed by atoms with van der Waals surface area (Å²) in [5, 5.41) is 0. The molecule has 0 radical (unpaired) electrons. The summed E-state index contributed by atoms with van der Waals surface area (Å²) in [4.78, 5) is 14.9.